The van der Waals surface area contributed by atoms with Gasteiger partial charge in [0, 0.05) is 29.8 Å². The normalized spacial score (nSPS) is 17.6. The number of benzene rings is 1. The lowest BCUT2D eigenvalue weighted by molar-refractivity contribution is -0.124. The van der Waals surface area contributed by atoms with Gasteiger partial charge in [-0.15, -0.1) is 0 Å². The van der Waals surface area contributed by atoms with Crippen molar-refractivity contribution in [3.05, 3.63) is 41.3 Å². The average Bonchev–Trinajstić information content (AvgIpc) is 2.89. The molecule has 2 aromatic rings. The molecule has 3 rings (SSSR count). The fourth-order valence-corrected chi connectivity index (χ4v) is 2.80. The second-order valence-corrected chi connectivity index (χ2v) is 5.09. The molecule has 0 saturated carbocycles. The van der Waals surface area contributed by atoms with Crippen LogP contribution >= 0.6 is 0 Å². The zero-order valence-electron chi connectivity index (χ0n) is 11.2. The van der Waals surface area contributed by atoms with Crippen molar-refractivity contribution < 1.29 is 9.18 Å². The number of hydrogen-bond acceptors (Lipinski definition) is 2. The van der Waals surface area contributed by atoms with Crippen LogP contribution in [-0.4, -0.2) is 23.2 Å². The van der Waals surface area contributed by atoms with E-state index in [1.807, 2.05) is 6.07 Å². The van der Waals surface area contributed by atoms with Gasteiger partial charge in [-0.05, 0) is 31.4 Å². The summed E-state index contributed by atoms with van der Waals surface area (Å²) >= 11 is 0. The van der Waals surface area contributed by atoms with Gasteiger partial charge in [0.25, 0.3) is 0 Å². The van der Waals surface area contributed by atoms with E-state index in [0.717, 1.165) is 35.4 Å². The van der Waals surface area contributed by atoms with E-state index in [0.29, 0.717) is 6.42 Å². The molecule has 0 saturated heterocycles. The summed E-state index contributed by atoms with van der Waals surface area (Å²) in [5.74, 6) is -0.252. The highest BCUT2D eigenvalue weighted by Gasteiger charge is 2.28. The molecule has 5 heteroatoms. The third-order valence-corrected chi connectivity index (χ3v) is 3.86. The maximum atomic E-state index is 13.3. The zero-order valence-corrected chi connectivity index (χ0v) is 11.2. The molecule has 2 N–H and O–H groups in total. The summed E-state index contributed by atoms with van der Waals surface area (Å²) in [4.78, 5) is 11.8. The number of fused-ring (bicyclic) bond motifs is 1. The molecule has 20 heavy (non-hydrogen) atoms. The quantitative estimate of drug-likeness (QED) is 0.880. The zero-order chi connectivity index (χ0) is 14.1. The van der Waals surface area contributed by atoms with Crippen molar-refractivity contribution in [1.82, 2.24) is 15.5 Å². The predicted molar refractivity (Wildman–Crippen MR) is 73.6 cm³/mol. The molecular weight excluding hydrogens is 257 g/mol. The van der Waals surface area contributed by atoms with Crippen LogP contribution in [0.3, 0.4) is 0 Å². The average molecular weight is 273 g/mol. The van der Waals surface area contributed by atoms with Crippen LogP contribution < -0.4 is 5.32 Å². The number of nitrogens with one attached hydrogen (secondary N) is 2. The minimum Gasteiger partial charge on any atom is -0.359 e. The Hall–Kier alpha value is -2.17. The molecule has 1 aliphatic rings. The van der Waals surface area contributed by atoms with E-state index in [2.05, 4.69) is 15.5 Å². The van der Waals surface area contributed by atoms with Crippen LogP contribution in [-0.2, 0) is 17.6 Å². The number of halogens is 1. The molecule has 1 atom stereocenters. The van der Waals surface area contributed by atoms with Crippen LogP contribution in [0, 0.1) is 11.7 Å². The monoisotopic (exact) mass is 273 g/mol. The van der Waals surface area contributed by atoms with Crippen LogP contribution in [0.25, 0.3) is 11.3 Å². The lowest BCUT2D eigenvalue weighted by Crippen LogP contribution is -2.31. The van der Waals surface area contributed by atoms with Crippen molar-refractivity contribution >= 4 is 5.91 Å². The number of amides is 1. The highest BCUT2D eigenvalue weighted by molar-refractivity contribution is 5.79. The van der Waals surface area contributed by atoms with E-state index >= 15 is 0 Å². The molecule has 104 valence electrons. The molecule has 0 fully saturated rings. The molecule has 0 aliphatic heterocycles. The molecule has 0 unspecified atom stereocenters. The molecule has 1 amide bonds. The fraction of sp³-hybridized carbons (Fsp3) is 0.333. The van der Waals surface area contributed by atoms with E-state index < -0.39 is 0 Å². The minimum absolute atomic E-state index is 0.0302. The van der Waals surface area contributed by atoms with E-state index in [-0.39, 0.29) is 17.6 Å². The van der Waals surface area contributed by atoms with Gasteiger partial charge in [0.2, 0.25) is 5.91 Å². The highest BCUT2D eigenvalue weighted by Crippen LogP contribution is 2.32. The van der Waals surface area contributed by atoms with Gasteiger partial charge in [0.05, 0.1) is 5.69 Å². The Labute approximate surface area is 116 Å². The van der Waals surface area contributed by atoms with Crippen molar-refractivity contribution in [2.45, 2.75) is 19.3 Å². The number of carbonyl (C=O) groups excluding carboxylic acids is 1. The first-order chi connectivity index (χ1) is 9.69. The Kier molecular flexibility index (Phi) is 3.26. The predicted octanol–water partition coefficient (Wildman–Crippen LogP) is 2.07. The molecule has 1 aliphatic carbocycles. The lowest BCUT2D eigenvalue weighted by Gasteiger charge is -2.20. The Bertz CT molecular complexity index is 650. The third-order valence-electron chi connectivity index (χ3n) is 3.86. The van der Waals surface area contributed by atoms with Gasteiger partial charge in [-0.25, -0.2) is 4.39 Å². The first-order valence-electron chi connectivity index (χ1n) is 6.72. The second-order valence-electron chi connectivity index (χ2n) is 5.09. The summed E-state index contributed by atoms with van der Waals surface area (Å²) in [6, 6.07) is 6.39. The smallest absolute Gasteiger partial charge is 0.223 e. The number of H-pyrrole nitrogens is 1. The first-order valence-corrected chi connectivity index (χ1v) is 6.72. The van der Waals surface area contributed by atoms with Crippen molar-refractivity contribution in [3.8, 4) is 11.3 Å². The molecular formula is C15H16FN3O. The van der Waals surface area contributed by atoms with E-state index in [4.69, 9.17) is 0 Å². The molecule has 0 bridgehead atoms. The van der Waals surface area contributed by atoms with Gasteiger partial charge < -0.3 is 5.32 Å². The Morgan fingerprint density at radius 1 is 1.50 bits per heavy atom. The van der Waals surface area contributed by atoms with Crippen molar-refractivity contribution in [2.24, 2.45) is 5.92 Å². The van der Waals surface area contributed by atoms with Gasteiger partial charge >= 0.3 is 0 Å². The SMILES string of the molecule is CNC(=O)[C@@H]1CCc2[nH]nc(-c3cccc(F)c3)c2C1. The summed E-state index contributed by atoms with van der Waals surface area (Å²) in [6.45, 7) is 0. The molecule has 0 spiro atoms. The Balaban J connectivity index is 1.97. The van der Waals surface area contributed by atoms with Crippen LogP contribution in [0.5, 0.6) is 0 Å². The molecule has 1 aromatic heterocycles. The number of hydrogen-bond donors (Lipinski definition) is 2. The van der Waals surface area contributed by atoms with Gasteiger partial charge in [-0.1, -0.05) is 12.1 Å². The lowest BCUT2D eigenvalue weighted by atomic mass is 9.85. The molecule has 1 heterocycles. The third kappa shape index (κ3) is 2.19. The number of rotatable bonds is 2. The molecule has 1 aromatic carbocycles. The first kappa shape index (κ1) is 12.8. The number of aromatic amines is 1. The van der Waals surface area contributed by atoms with Crippen LogP contribution in [0.2, 0.25) is 0 Å². The van der Waals surface area contributed by atoms with E-state index in [9.17, 15) is 9.18 Å². The Morgan fingerprint density at radius 3 is 3.10 bits per heavy atom. The van der Waals surface area contributed by atoms with E-state index in [1.165, 1.54) is 12.1 Å². The summed E-state index contributed by atoms with van der Waals surface area (Å²) in [5.41, 5.74) is 3.60. The van der Waals surface area contributed by atoms with Gasteiger partial charge in [-0.2, -0.15) is 5.10 Å². The van der Waals surface area contributed by atoms with Gasteiger partial charge in [0.1, 0.15) is 5.82 Å². The number of carbonyl (C=O) groups is 1. The number of aromatic nitrogens is 2. The van der Waals surface area contributed by atoms with Crippen LogP contribution in [0.1, 0.15) is 17.7 Å². The summed E-state index contributed by atoms with van der Waals surface area (Å²) in [6.07, 6.45) is 2.27. The van der Waals surface area contributed by atoms with Crippen molar-refractivity contribution in [1.29, 1.82) is 0 Å². The topological polar surface area (TPSA) is 57.8 Å². The second kappa shape index (κ2) is 5.07. The minimum atomic E-state index is -0.280. The fourth-order valence-electron chi connectivity index (χ4n) is 2.80. The van der Waals surface area contributed by atoms with Crippen LogP contribution in [0.4, 0.5) is 4.39 Å². The largest absolute Gasteiger partial charge is 0.359 e. The summed E-state index contributed by atoms with van der Waals surface area (Å²) in [7, 11) is 1.65. The number of aryl methyl sites for hydroxylation is 1. The number of nitrogens with zero attached hydrogens (tertiary/aromatic N) is 1. The summed E-state index contributed by atoms with van der Waals surface area (Å²) < 4.78 is 13.3. The molecule has 0 radical (unpaired) electrons. The van der Waals surface area contributed by atoms with Crippen molar-refractivity contribution in [3.63, 3.8) is 0 Å². The van der Waals surface area contributed by atoms with Gasteiger partial charge in [-0.3, -0.25) is 9.89 Å². The molecule has 4 nitrogen and oxygen atoms in total. The maximum Gasteiger partial charge on any atom is 0.223 e. The van der Waals surface area contributed by atoms with Crippen LogP contribution in [0.15, 0.2) is 24.3 Å². The summed E-state index contributed by atoms with van der Waals surface area (Å²) in [5, 5.41) is 10.0. The van der Waals surface area contributed by atoms with Gasteiger partial charge in [0.15, 0.2) is 0 Å². The highest BCUT2D eigenvalue weighted by atomic mass is 19.1. The maximum absolute atomic E-state index is 13.3. The van der Waals surface area contributed by atoms with Crippen molar-refractivity contribution in [2.75, 3.05) is 7.05 Å². The van der Waals surface area contributed by atoms with E-state index in [1.54, 1.807) is 13.1 Å². The standard InChI is InChI=1S/C15H16FN3O/c1-17-15(20)10-5-6-13-12(8-10)14(19-18-13)9-3-2-4-11(16)7-9/h2-4,7,10H,5-6,8H2,1H3,(H,17,20)(H,18,19)/t10-/m1/s1. The Morgan fingerprint density at radius 2 is 2.35 bits per heavy atom.